The first-order chi connectivity index (χ1) is 14.0. The monoisotopic (exact) mass is 456 g/mol. The van der Waals surface area contributed by atoms with E-state index in [9.17, 15) is 14.9 Å². The second kappa shape index (κ2) is 8.34. The van der Waals surface area contributed by atoms with Crippen LogP contribution in [0.5, 0.6) is 0 Å². The van der Waals surface area contributed by atoms with E-state index in [2.05, 4.69) is 49.3 Å². The summed E-state index contributed by atoms with van der Waals surface area (Å²) in [4.78, 5) is 28.4. The highest BCUT2D eigenvalue weighted by atomic mass is 79.9. The number of halogens is 1. The van der Waals surface area contributed by atoms with E-state index in [-0.39, 0.29) is 11.6 Å². The van der Waals surface area contributed by atoms with Crippen LogP contribution in [0.1, 0.15) is 24.5 Å². The number of hydrogen-bond acceptors (Lipinski definition) is 4. The molecule has 1 aromatic heterocycles. The van der Waals surface area contributed by atoms with Gasteiger partial charge in [-0.1, -0.05) is 18.2 Å². The highest BCUT2D eigenvalue weighted by Crippen LogP contribution is 2.30. The number of carbonyl (C=O) groups is 1. The molecule has 4 rings (SSSR count). The first kappa shape index (κ1) is 19.6. The third-order valence-corrected chi connectivity index (χ3v) is 6.04. The van der Waals surface area contributed by atoms with Crippen molar-refractivity contribution in [2.24, 2.45) is 0 Å². The lowest BCUT2D eigenvalue weighted by atomic mass is 9.93. The van der Waals surface area contributed by atoms with Gasteiger partial charge < -0.3 is 10.3 Å². The number of nitrogens with zero attached hydrogens (tertiary/aromatic N) is 2. The Bertz CT molecular complexity index is 1020. The lowest BCUT2D eigenvalue weighted by Crippen LogP contribution is -2.38. The van der Waals surface area contributed by atoms with Gasteiger partial charge in [0.1, 0.15) is 0 Å². The molecule has 150 valence electrons. The van der Waals surface area contributed by atoms with E-state index >= 15 is 0 Å². The van der Waals surface area contributed by atoms with E-state index in [0.717, 1.165) is 31.4 Å². The number of amides is 1. The van der Waals surface area contributed by atoms with Crippen LogP contribution < -0.4 is 5.32 Å². The summed E-state index contributed by atoms with van der Waals surface area (Å²) >= 11 is 3.28. The van der Waals surface area contributed by atoms with Gasteiger partial charge in [-0.05, 0) is 65.4 Å². The molecule has 1 aliphatic heterocycles. The maximum absolute atomic E-state index is 12.4. The maximum atomic E-state index is 12.4. The topological polar surface area (TPSA) is 91.3 Å². The quantitative estimate of drug-likeness (QED) is 0.431. The number of nitro benzene ring substituents is 1. The Morgan fingerprint density at radius 2 is 1.97 bits per heavy atom. The molecule has 2 aromatic carbocycles. The molecule has 2 N–H and O–H groups in total. The van der Waals surface area contributed by atoms with E-state index < -0.39 is 4.92 Å². The van der Waals surface area contributed by atoms with E-state index in [4.69, 9.17) is 0 Å². The maximum Gasteiger partial charge on any atom is 0.270 e. The van der Waals surface area contributed by atoms with E-state index in [0.29, 0.717) is 22.6 Å². The number of hydrogen-bond donors (Lipinski definition) is 2. The summed E-state index contributed by atoms with van der Waals surface area (Å²) < 4.78 is 0.498. The molecule has 1 fully saturated rings. The predicted molar refractivity (Wildman–Crippen MR) is 116 cm³/mol. The van der Waals surface area contributed by atoms with Crippen LogP contribution in [0.3, 0.4) is 0 Å². The summed E-state index contributed by atoms with van der Waals surface area (Å²) in [5, 5.41) is 14.9. The van der Waals surface area contributed by atoms with E-state index in [1.54, 1.807) is 6.07 Å². The first-order valence-electron chi connectivity index (χ1n) is 9.53. The number of benzene rings is 2. The Morgan fingerprint density at radius 3 is 2.66 bits per heavy atom. The van der Waals surface area contributed by atoms with Crippen LogP contribution in [0.15, 0.2) is 53.0 Å². The van der Waals surface area contributed by atoms with Gasteiger partial charge >= 0.3 is 0 Å². The van der Waals surface area contributed by atoms with Gasteiger partial charge in [-0.3, -0.25) is 19.8 Å². The highest BCUT2D eigenvalue weighted by Gasteiger charge is 2.23. The Hall–Kier alpha value is -2.71. The number of piperidine rings is 1. The molecule has 0 aliphatic carbocycles. The molecule has 0 atom stereocenters. The van der Waals surface area contributed by atoms with Crippen LogP contribution in [0.2, 0.25) is 0 Å². The molecule has 1 amide bonds. The van der Waals surface area contributed by atoms with Crippen molar-refractivity contribution in [3.8, 4) is 0 Å². The fourth-order valence-electron chi connectivity index (χ4n) is 3.83. The number of anilines is 1. The van der Waals surface area contributed by atoms with Gasteiger partial charge in [-0.2, -0.15) is 0 Å². The minimum absolute atomic E-state index is 0.0195. The van der Waals surface area contributed by atoms with Gasteiger partial charge in [0, 0.05) is 33.7 Å². The van der Waals surface area contributed by atoms with Gasteiger partial charge in [0.05, 0.1) is 17.2 Å². The number of likely N-dealkylation sites (tertiary alicyclic amines) is 1. The van der Waals surface area contributed by atoms with Gasteiger partial charge in [-0.15, -0.1) is 0 Å². The average molecular weight is 457 g/mol. The number of nitrogens with one attached hydrogen (secondary N) is 2. The van der Waals surface area contributed by atoms with Gasteiger partial charge in [0.15, 0.2) is 0 Å². The van der Waals surface area contributed by atoms with Crippen LogP contribution in [0, 0.1) is 10.1 Å². The van der Waals surface area contributed by atoms with Crippen molar-refractivity contribution in [2.45, 2.75) is 18.8 Å². The number of aromatic amines is 1. The minimum Gasteiger partial charge on any atom is -0.358 e. The zero-order chi connectivity index (χ0) is 20.4. The second-order valence-electron chi connectivity index (χ2n) is 7.33. The number of fused-ring (bicyclic) bond motifs is 1. The van der Waals surface area contributed by atoms with Crippen molar-refractivity contribution >= 4 is 44.1 Å². The fourth-order valence-corrected chi connectivity index (χ4v) is 4.30. The van der Waals surface area contributed by atoms with Crippen molar-refractivity contribution in [3.05, 3.63) is 68.8 Å². The third kappa shape index (κ3) is 4.49. The molecule has 0 radical (unpaired) electrons. The Balaban J connectivity index is 1.31. The minimum atomic E-state index is -0.465. The zero-order valence-corrected chi connectivity index (χ0v) is 17.3. The lowest BCUT2D eigenvalue weighted by molar-refractivity contribution is -0.384. The molecule has 7 nitrogen and oxygen atoms in total. The summed E-state index contributed by atoms with van der Waals surface area (Å²) in [6.45, 7) is 2.02. The number of non-ortho nitro benzene ring substituents is 1. The predicted octanol–water partition coefficient (Wildman–Crippen LogP) is 4.66. The van der Waals surface area contributed by atoms with Crippen LogP contribution in [-0.4, -0.2) is 40.3 Å². The third-order valence-electron chi connectivity index (χ3n) is 5.38. The number of para-hydroxylation sites is 1. The summed E-state index contributed by atoms with van der Waals surface area (Å²) in [5.41, 5.74) is 2.95. The number of nitro groups is 1. The molecule has 0 bridgehead atoms. The molecule has 2 heterocycles. The SMILES string of the molecule is O=C(CN1CCC(c2cc3ccccc3[nH]2)CC1)Nc1ccc([N+](=O)[O-])cc1Br. The van der Waals surface area contributed by atoms with Crippen LogP contribution in [-0.2, 0) is 4.79 Å². The Morgan fingerprint density at radius 1 is 1.21 bits per heavy atom. The molecule has 0 spiro atoms. The Labute approximate surface area is 176 Å². The largest absolute Gasteiger partial charge is 0.358 e. The summed E-state index contributed by atoms with van der Waals surface area (Å²) in [6.07, 6.45) is 2.00. The number of H-pyrrole nitrogens is 1. The molecular weight excluding hydrogens is 436 g/mol. The van der Waals surface area contributed by atoms with E-state index in [1.165, 1.54) is 23.2 Å². The summed E-state index contributed by atoms with van der Waals surface area (Å²) in [6, 6.07) is 14.8. The van der Waals surface area contributed by atoms with Crippen molar-refractivity contribution in [3.63, 3.8) is 0 Å². The average Bonchev–Trinajstić information content (AvgIpc) is 3.14. The lowest BCUT2D eigenvalue weighted by Gasteiger charge is -2.31. The molecular formula is C21H21BrN4O3. The van der Waals surface area contributed by atoms with Gasteiger partial charge in [-0.25, -0.2) is 0 Å². The second-order valence-corrected chi connectivity index (χ2v) is 8.19. The van der Waals surface area contributed by atoms with Crippen molar-refractivity contribution in [1.29, 1.82) is 0 Å². The number of aromatic nitrogens is 1. The van der Waals surface area contributed by atoms with Crippen LogP contribution in [0.25, 0.3) is 10.9 Å². The van der Waals surface area contributed by atoms with E-state index in [1.807, 2.05) is 12.1 Å². The van der Waals surface area contributed by atoms with Crippen LogP contribution in [0.4, 0.5) is 11.4 Å². The highest BCUT2D eigenvalue weighted by molar-refractivity contribution is 9.10. The summed E-state index contributed by atoms with van der Waals surface area (Å²) in [5.74, 6) is 0.356. The molecule has 0 unspecified atom stereocenters. The summed E-state index contributed by atoms with van der Waals surface area (Å²) in [7, 11) is 0. The van der Waals surface area contributed by atoms with Gasteiger partial charge in [0.25, 0.3) is 5.69 Å². The normalized spacial score (nSPS) is 15.5. The van der Waals surface area contributed by atoms with Gasteiger partial charge in [0.2, 0.25) is 5.91 Å². The first-order valence-corrected chi connectivity index (χ1v) is 10.3. The fraction of sp³-hybridized carbons (Fsp3) is 0.286. The molecule has 1 saturated heterocycles. The molecule has 29 heavy (non-hydrogen) atoms. The van der Waals surface area contributed by atoms with Crippen molar-refractivity contribution in [2.75, 3.05) is 25.0 Å². The van der Waals surface area contributed by atoms with Crippen molar-refractivity contribution in [1.82, 2.24) is 9.88 Å². The van der Waals surface area contributed by atoms with Crippen molar-refractivity contribution < 1.29 is 9.72 Å². The molecule has 1 aliphatic rings. The number of rotatable bonds is 5. The molecule has 3 aromatic rings. The molecule has 8 heteroatoms. The smallest absolute Gasteiger partial charge is 0.270 e. The molecule has 0 saturated carbocycles. The van der Waals surface area contributed by atoms with Crippen LogP contribution >= 0.6 is 15.9 Å². The standard InChI is InChI=1S/C21H21BrN4O3/c22-17-12-16(26(28)29)5-6-19(17)24-21(27)13-25-9-7-14(8-10-25)20-11-15-3-1-2-4-18(15)23-20/h1-6,11-12,14,23H,7-10,13H2,(H,24,27). The number of carbonyl (C=O) groups excluding carboxylic acids is 1. The zero-order valence-electron chi connectivity index (χ0n) is 15.7. The Kier molecular flexibility index (Phi) is 5.64.